The Morgan fingerprint density at radius 3 is 2.02 bits per heavy atom. The number of nitrogens with one attached hydrogen (secondary N) is 1. The van der Waals surface area contributed by atoms with E-state index in [0.29, 0.717) is 19.4 Å². The molecule has 0 aromatic carbocycles. The van der Waals surface area contributed by atoms with Crippen molar-refractivity contribution >= 4 is 29.3 Å². The fourth-order valence-corrected chi connectivity index (χ4v) is 8.05. The lowest BCUT2D eigenvalue weighted by Gasteiger charge is -2.41. The van der Waals surface area contributed by atoms with Crippen molar-refractivity contribution in [2.75, 3.05) is 48.5 Å². The Balaban J connectivity index is 3.29. The number of ketones is 2. The molecule has 1 saturated heterocycles. The molecule has 0 unspecified atom stereocenters. The van der Waals surface area contributed by atoms with Gasteiger partial charge in [0.15, 0.2) is 11.6 Å². The second-order valence-corrected chi connectivity index (χ2v) is 16.5. The third kappa shape index (κ3) is 14.2. The molecule has 0 spiro atoms. The van der Waals surface area contributed by atoms with Crippen molar-refractivity contribution in [3.05, 3.63) is 12.2 Å². The number of Topliss-reactive ketones (excluding diaryl/α,β-unsaturated/α-hetero) is 1. The summed E-state index contributed by atoms with van der Waals surface area (Å²) in [6.07, 6.45) is 4.69. The van der Waals surface area contributed by atoms with E-state index in [2.05, 4.69) is 19.2 Å². The van der Waals surface area contributed by atoms with E-state index in [-0.39, 0.29) is 72.1 Å². The van der Waals surface area contributed by atoms with Crippen LogP contribution >= 0.6 is 0 Å². The largest absolute Gasteiger partial charge is 0.388 e. The minimum absolute atomic E-state index is 0.000671. The van der Waals surface area contributed by atoms with Gasteiger partial charge in [-0.15, -0.1) is 0 Å². The Morgan fingerprint density at radius 2 is 1.55 bits per heavy atom. The smallest absolute Gasteiger partial charge is 0.226 e. The molecule has 0 aliphatic carbocycles. The Kier molecular flexibility index (Phi) is 21.3. The molecule has 0 radical (unpaired) electrons. The number of aliphatic hydroxyl groups is 1. The number of nitrogens with zero attached hydrogens (tertiary/aromatic N) is 3. The summed E-state index contributed by atoms with van der Waals surface area (Å²) >= 11 is 0. The van der Waals surface area contributed by atoms with Crippen LogP contribution in [-0.2, 0) is 33.4 Å². The van der Waals surface area contributed by atoms with Gasteiger partial charge >= 0.3 is 0 Å². The lowest BCUT2D eigenvalue weighted by Crippen LogP contribution is -2.54. The number of carbonyl (C=O) groups excluding carboxylic acids is 5. The molecule has 12 nitrogen and oxygen atoms in total. The fourth-order valence-electron chi connectivity index (χ4n) is 8.05. The highest BCUT2D eigenvalue weighted by Crippen LogP contribution is 2.31. The maximum Gasteiger partial charge on any atom is 0.226 e. The number of ether oxygens (including phenoxy) is 2. The standard InChI is InChI=1S/C41H74N4O8/c1-15-28(8)38(44(12)41(51)32(26(4)5)22-34(48)37(27(6)7)43(10)11)35(52-13)23-36(49)45-20-16-17-33(45)39(53-14)29(9)40(50)42-30(21-25(2)3)18-19-31(47)24-46/h18-19,25-30,32-33,35,37-39,46H,15-17,20-24H2,1-14H3,(H,42,50)/b19-18+/t28-,29+,30+,32-,33-,35+,37-,38-,39+/m0/s1. The Bertz CT molecular complexity index is 1200. The van der Waals surface area contributed by atoms with E-state index < -0.39 is 48.5 Å². The minimum atomic E-state index is -0.608. The van der Waals surface area contributed by atoms with Gasteiger partial charge < -0.3 is 29.7 Å². The second kappa shape index (κ2) is 23.3. The number of likely N-dealkylation sites (N-methyl/N-ethyl adjacent to an activating group) is 2. The van der Waals surface area contributed by atoms with Crippen LogP contribution in [0.15, 0.2) is 12.2 Å². The summed E-state index contributed by atoms with van der Waals surface area (Å²) in [6.45, 7) is 17.8. The molecule has 0 aromatic heterocycles. The van der Waals surface area contributed by atoms with Crippen LogP contribution in [0.3, 0.4) is 0 Å². The lowest BCUT2D eigenvalue weighted by molar-refractivity contribution is -0.149. The number of hydrogen-bond acceptors (Lipinski definition) is 9. The number of rotatable bonds is 24. The maximum atomic E-state index is 14.3. The van der Waals surface area contributed by atoms with Crippen molar-refractivity contribution in [2.24, 2.45) is 35.5 Å². The van der Waals surface area contributed by atoms with Crippen LogP contribution in [0.25, 0.3) is 0 Å². The molecule has 9 atom stereocenters. The van der Waals surface area contributed by atoms with Gasteiger partial charge in [-0.25, -0.2) is 0 Å². The van der Waals surface area contributed by atoms with Crippen LogP contribution in [0.2, 0.25) is 0 Å². The summed E-state index contributed by atoms with van der Waals surface area (Å²) in [5.41, 5.74) is 0. The van der Waals surface area contributed by atoms with Crippen LogP contribution in [0.5, 0.6) is 0 Å². The van der Waals surface area contributed by atoms with Crippen LogP contribution in [0, 0.1) is 35.5 Å². The average Bonchev–Trinajstić information content (AvgIpc) is 3.57. The summed E-state index contributed by atoms with van der Waals surface area (Å²) in [7, 11) is 8.67. The normalized spacial score (nSPS) is 19.7. The third-order valence-corrected chi connectivity index (χ3v) is 11.0. The molecule has 53 heavy (non-hydrogen) atoms. The number of methoxy groups -OCH3 is 2. The minimum Gasteiger partial charge on any atom is -0.388 e. The van der Waals surface area contributed by atoms with Gasteiger partial charge in [0.25, 0.3) is 0 Å². The van der Waals surface area contributed by atoms with E-state index in [1.807, 2.05) is 60.5 Å². The average molecular weight is 751 g/mol. The highest BCUT2D eigenvalue weighted by molar-refractivity contribution is 5.91. The molecule has 1 heterocycles. The molecule has 12 heteroatoms. The monoisotopic (exact) mass is 751 g/mol. The van der Waals surface area contributed by atoms with Gasteiger partial charge in [0.1, 0.15) is 6.61 Å². The topological polar surface area (TPSA) is 146 Å². The van der Waals surface area contributed by atoms with Gasteiger partial charge in [-0.2, -0.15) is 0 Å². The fraction of sp³-hybridized carbons (Fsp3) is 0.829. The summed E-state index contributed by atoms with van der Waals surface area (Å²) in [6, 6.07) is -1.45. The first-order chi connectivity index (χ1) is 24.8. The molecule has 0 bridgehead atoms. The van der Waals surface area contributed by atoms with Crippen LogP contribution in [0.1, 0.15) is 101 Å². The number of hydrogen-bond donors (Lipinski definition) is 2. The van der Waals surface area contributed by atoms with Crippen molar-refractivity contribution in [1.82, 2.24) is 20.0 Å². The number of likely N-dealkylation sites (tertiary alicyclic amines) is 1. The molecule has 2 N–H and O–H groups in total. The zero-order chi connectivity index (χ0) is 40.7. The number of aliphatic hydroxyl groups excluding tert-OH is 1. The summed E-state index contributed by atoms with van der Waals surface area (Å²) < 4.78 is 12.0. The SMILES string of the molecule is CC[C@H](C)[C@@H]([C@@H](CC(=O)N1CCC[C@H]1[C@H](OC)[C@@H](C)C(=O)N[C@H](/C=C/C(=O)CO)CC(C)C)OC)N(C)C(=O)[C@@H](CC(=O)[C@H](C(C)C)N(C)C)C(C)C. The predicted molar refractivity (Wildman–Crippen MR) is 209 cm³/mol. The van der Waals surface area contributed by atoms with E-state index >= 15 is 0 Å². The summed E-state index contributed by atoms with van der Waals surface area (Å²) in [5.74, 6) is -1.75. The van der Waals surface area contributed by atoms with Crippen molar-refractivity contribution in [2.45, 2.75) is 137 Å². The lowest BCUT2D eigenvalue weighted by atomic mass is 9.83. The van der Waals surface area contributed by atoms with Gasteiger partial charge in [0, 0.05) is 46.2 Å². The van der Waals surface area contributed by atoms with E-state index in [0.717, 1.165) is 12.8 Å². The second-order valence-electron chi connectivity index (χ2n) is 16.5. The first kappa shape index (κ1) is 48.3. The van der Waals surface area contributed by atoms with Crippen molar-refractivity contribution in [3.8, 4) is 0 Å². The van der Waals surface area contributed by atoms with E-state index in [9.17, 15) is 24.0 Å². The van der Waals surface area contributed by atoms with Gasteiger partial charge in [-0.3, -0.25) is 28.9 Å². The van der Waals surface area contributed by atoms with Crippen molar-refractivity contribution < 1.29 is 38.6 Å². The number of amides is 3. The first-order valence-electron chi connectivity index (χ1n) is 19.7. The molecular weight excluding hydrogens is 676 g/mol. The molecule has 0 aromatic rings. The number of carbonyl (C=O) groups is 5. The predicted octanol–water partition coefficient (Wildman–Crippen LogP) is 4.37. The Labute approximate surface area is 320 Å². The van der Waals surface area contributed by atoms with Gasteiger partial charge in [0.05, 0.1) is 42.7 Å². The zero-order valence-electron chi connectivity index (χ0n) is 35.4. The van der Waals surface area contributed by atoms with Gasteiger partial charge in [-0.1, -0.05) is 74.8 Å². The maximum absolute atomic E-state index is 14.3. The van der Waals surface area contributed by atoms with Crippen molar-refractivity contribution in [3.63, 3.8) is 0 Å². The highest BCUT2D eigenvalue weighted by Gasteiger charge is 2.43. The van der Waals surface area contributed by atoms with E-state index in [1.165, 1.54) is 6.08 Å². The molecular formula is C41H74N4O8. The molecule has 1 rings (SSSR count). The van der Waals surface area contributed by atoms with Gasteiger partial charge in [0.2, 0.25) is 17.7 Å². The molecule has 0 saturated carbocycles. The van der Waals surface area contributed by atoms with Gasteiger partial charge in [-0.05, 0) is 63.1 Å². The van der Waals surface area contributed by atoms with Crippen LogP contribution < -0.4 is 5.32 Å². The first-order valence-corrected chi connectivity index (χ1v) is 19.7. The Hall–Kier alpha value is -2.67. The molecule has 1 fully saturated rings. The molecule has 1 aliphatic heterocycles. The highest BCUT2D eigenvalue weighted by atomic mass is 16.5. The summed E-state index contributed by atoms with van der Waals surface area (Å²) in [4.78, 5) is 72.7. The summed E-state index contributed by atoms with van der Waals surface area (Å²) in [5, 5.41) is 12.2. The van der Waals surface area contributed by atoms with E-state index in [4.69, 9.17) is 14.6 Å². The Morgan fingerprint density at radius 1 is 0.925 bits per heavy atom. The molecule has 1 aliphatic rings. The quantitative estimate of drug-likeness (QED) is 0.137. The third-order valence-electron chi connectivity index (χ3n) is 11.0. The van der Waals surface area contributed by atoms with E-state index in [1.54, 1.807) is 44.1 Å². The van der Waals surface area contributed by atoms with Crippen molar-refractivity contribution in [1.29, 1.82) is 0 Å². The molecule has 3 amide bonds. The molecule has 306 valence electrons. The zero-order valence-corrected chi connectivity index (χ0v) is 35.4. The van der Waals surface area contributed by atoms with Crippen LogP contribution in [-0.4, -0.2) is 134 Å². The van der Waals surface area contributed by atoms with Crippen LogP contribution in [0.4, 0.5) is 0 Å².